The summed E-state index contributed by atoms with van der Waals surface area (Å²) >= 11 is 0. The van der Waals surface area contributed by atoms with Crippen LogP contribution in [0.3, 0.4) is 0 Å². The van der Waals surface area contributed by atoms with Crippen molar-refractivity contribution in [1.29, 1.82) is 0 Å². The molecule has 1 aromatic heterocycles. The zero-order chi connectivity index (χ0) is 9.84. The fourth-order valence-corrected chi connectivity index (χ4v) is 1.41. The van der Waals surface area contributed by atoms with Crippen LogP contribution in [0.25, 0.3) is 0 Å². The van der Waals surface area contributed by atoms with Crippen molar-refractivity contribution < 1.29 is 0 Å². The van der Waals surface area contributed by atoms with E-state index in [1.54, 1.807) is 0 Å². The smallest absolute Gasteiger partial charge is 0.0537 e. The molecule has 0 atom stereocenters. The van der Waals surface area contributed by atoms with Gasteiger partial charge in [-0.2, -0.15) is 5.10 Å². The van der Waals surface area contributed by atoms with Gasteiger partial charge in [-0.3, -0.25) is 4.68 Å². The van der Waals surface area contributed by atoms with Crippen LogP contribution in [0.1, 0.15) is 38.1 Å². The molecule has 0 spiro atoms. The second-order valence-electron chi connectivity index (χ2n) is 3.57. The van der Waals surface area contributed by atoms with E-state index < -0.39 is 0 Å². The molecule has 0 aliphatic rings. The molecule has 1 N–H and O–H groups in total. The fourth-order valence-electron chi connectivity index (χ4n) is 1.41. The maximum Gasteiger partial charge on any atom is 0.0537 e. The van der Waals surface area contributed by atoms with Gasteiger partial charge < -0.3 is 5.32 Å². The number of hydrogen-bond donors (Lipinski definition) is 1. The van der Waals surface area contributed by atoms with E-state index in [0.717, 1.165) is 13.1 Å². The lowest BCUT2D eigenvalue weighted by molar-refractivity contribution is 0.518. The van der Waals surface area contributed by atoms with Crippen LogP contribution in [0.4, 0.5) is 0 Å². The predicted molar refractivity (Wildman–Crippen MR) is 54.7 cm³/mol. The lowest BCUT2D eigenvalue weighted by Crippen LogP contribution is -2.13. The van der Waals surface area contributed by atoms with E-state index >= 15 is 0 Å². The molecule has 0 saturated heterocycles. The van der Waals surface area contributed by atoms with Crippen molar-refractivity contribution in [2.75, 3.05) is 6.54 Å². The minimum atomic E-state index is 0.454. The second kappa shape index (κ2) is 4.42. The summed E-state index contributed by atoms with van der Waals surface area (Å²) in [4.78, 5) is 0. The number of rotatable bonds is 4. The molecule has 0 radical (unpaired) electrons. The van der Waals surface area contributed by atoms with Crippen molar-refractivity contribution in [3.05, 3.63) is 17.5 Å². The lowest BCUT2D eigenvalue weighted by Gasteiger charge is -2.08. The van der Waals surface area contributed by atoms with Crippen molar-refractivity contribution in [1.82, 2.24) is 15.1 Å². The summed E-state index contributed by atoms with van der Waals surface area (Å²) in [6.07, 6.45) is 1.96. The SMILES string of the molecule is CCNCc1cnn(C(C)C)c1C. The molecule has 0 unspecified atom stereocenters. The zero-order valence-corrected chi connectivity index (χ0v) is 8.96. The Morgan fingerprint density at radius 2 is 2.23 bits per heavy atom. The zero-order valence-electron chi connectivity index (χ0n) is 8.96. The third-order valence-electron chi connectivity index (χ3n) is 2.20. The largest absolute Gasteiger partial charge is 0.313 e. The standard InChI is InChI=1S/C10H19N3/c1-5-11-6-10-7-12-13(8(2)3)9(10)4/h7-8,11H,5-6H2,1-4H3. The molecule has 13 heavy (non-hydrogen) atoms. The van der Waals surface area contributed by atoms with Gasteiger partial charge in [0.15, 0.2) is 0 Å². The van der Waals surface area contributed by atoms with Gasteiger partial charge in [-0.25, -0.2) is 0 Å². The average Bonchev–Trinajstić information content (AvgIpc) is 2.43. The number of nitrogens with one attached hydrogen (secondary N) is 1. The molecule has 0 amide bonds. The molecule has 0 aliphatic heterocycles. The van der Waals surface area contributed by atoms with Gasteiger partial charge in [0.1, 0.15) is 0 Å². The number of aromatic nitrogens is 2. The van der Waals surface area contributed by atoms with Gasteiger partial charge >= 0.3 is 0 Å². The van der Waals surface area contributed by atoms with Crippen LogP contribution in [-0.2, 0) is 6.54 Å². The molecule has 3 heteroatoms. The predicted octanol–water partition coefficient (Wildman–Crippen LogP) is 1.88. The monoisotopic (exact) mass is 181 g/mol. The van der Waals surface area contributed by atoms with E-state index in [4.69, 9.17) is 0 Å². The highest BCUT2D eigenvalue weighted by Gasteiger charge is 2.07. The molecule has 0 aromatic carbocycles. The van der Waals surface area contributed by atoms with Crippen LogP contribution in [0, 0.1) is 6.92 Å². The molecule has 1 aromatic rings. The summed E-state index contributed by atoms with van der Waals surface area (Å²) in [5.41, 5.74) is 2.58. The molecular formula is C10H19N3. The van der Waals surface area contributed by atoms with Gasteiger partial charge in [-0.05, 0) is 27.3 Å². The summed E-state index contributed by atoms with van der Waals surface area (Å²) in [5, 5.41) is 7.65. The third kappa shape index (κ3) is 2.31. The lowest BCUT2D eigenvalue weighted by atomic mass is 10.2. The Bertz CT molecular complexity index is 263. The van der Waals surface area contributed by atoms with Crippen LogP contribution in [0.15, 0.2) is 6.20 Å². The van der Waals surface area contributed by atoms with Crippen molar-refractivity contribution >= 4 is 0 Å². The highest BCUT2D eigenvalue weighted by molar-refractivity contribution is 5.16. The molecule has 3 nitrogen and oxygen atoms in total. The Hall–Kier alpha value is -0.830. The molecule has 74 valence electrons. The van der Waals surface area contributed by atoms with Crippen LogP contribution in [0.2, 0.25) is 0 Å². The maximum atomic E-state index is 4.34. The highest BCUT2D eigenvalue weighted by atomic mass is 15.3. The normalized spacial score (nSPS) is 11.2. The first-order chi connectivity index (χ1) is 6.16. The number of nitrogens with zero attached hydrogens (tertiary/aromatic N) is 2. The Morgan fingerprint density at radius 1 is 1.54 bits per heavy atom. The third-order valence-corrected chi connectivity index (χ3v) is 2.20. The van der Waals surface area contributed by atoms with Crippen molar-refractivity contribution in [2.24, 2.45) is 0 Å². The average molecular weight is 181 g/mol. The Morgan fingerprint density at radius 3 is 2.69 bits per heavy atom. The maximum absolute atomic E-state index is 4.34. The molecular weight excluding hydrogens is 162 g/mol. The first-order valence-electron chi connectivity index (χ1n) is 4.90. The summed E-state index contributed by atoms with van der Waals surface area (Å²) in [7, 11) is 0. The van der Waals surface area contributed by atoms with Gasteiger partial charge in [0.25, 0.3) is 0 Å². The minimum Gasteiger partial charge on any atom is -0.313 e. The highest BCUT2D eigenvalue weighted by Crippen LogP contribution is 2.12. The molecule has 0 saturated carbocycles. The van der Waals surface area contributed by atoms with Crippen LogP contribution in [0.5, 0.6) is 0 Å². The van der Waals surface area contributed by atoms with E-state index in [1.165, 1.54) is 11.3 Å². The second-order valence-corrected chi connectivity index (χ2v) is 3.57. The Balaban J connectivity index is 2.74. The quantitative estimate of drug-likeness (QED) is 0.768. The first-order valence-corrected chi connectivity index (χ1v) is 4.90. The molecule has 0 bridgehead atoms. The first kappa shape index (κ1) is 10.3. The van der Waals surface area contributed by atoms with E-state index in [-0.39, 0.29) is 0 Å². The van der Waals surface area contributed by atoms with Crippen LogP contribution < -0.4 is 5.32 Å². The van der Waals surface area contributed by atoms with Crippen LogP contribution >= 0.6 is 0 Å². The van der Waals surface area contributed by atoms with Gasteiger partial charge in [-0.15, -0.1) is 0 Å². The van der Waals surface area contributed by atoms with E-state index in [0.29, 0.717) is 6.04 Å². The topological polar surface area (TPSA) is 29.9 Å². The molecule has 0 aliphatic carbocycles. The Labute approximate surface area is 80.1 Å². The van der Waals surface area contributed by atoms with E-state index in [9.17, 15) is 0 Å². The summed E-state index contributed by atoms with van der Waals surface area (Å²) in [6.45, 7) is 10.5. The van der Waals surface area contributed by atoms with Crippen molar-refractivity contribution in [2.45, 2.75) is 40.3 Å². The van der Waals surface area contributed by atoms with Crippen LogP contribution in [-0.4, -0.2) is 16.3 Å². The van der Waals surface area contributed by atoms with Gasteiger partial charge in [-0.1, -0.05) is 6.92 Å². The minimum absolute atomic E-state index is 0.454. The van der Waals surface area contributed by atoms with E-state index in [1.807, 2.05) is 6.20 Å². The fraction of sp³-hybridized carbons (Fsp3) is 0.700. The van der Waals surface area contributed by atoms with Crippen molar-refractivity contribution in [3.8, 4) is 0 Å². The van der Waals surface area contributed by atoms with E-state index in [2.05, 4.69) is 42.8 Å². The molecule has 1 heterocycles. The summed E-state index contributed by atoms with van der Waals surface area (Å²) < 4.78 is 2.06. The number of hydrogen-bond acceptors (Lipinski definition) is 2. The van der Waals surface area contributed by atoms with Crippen molar-refractivity contribution in [3.63, 3.8) is 0 Å². The Kier molecular flexibility index (Phi) is 3.48. The molecule has 0 fully saturated rings. The summed E-state index contributed by atoms with van der Waals surface area (Å²) in [5.74, 6) is 0. The molecule has 1 rings (SSSR count). The van der Waals surface area contributed by atoms with Gasteiger partial charge in [0.2, 0.25) is 0 Å². The van der Waals surface area contributed by atoms with Gasteiger partial charge in [0.05, 0.1) is 6.20 Å². The van der Waals surface area contributed by atoms with Gasteiger partial charge in [0, 0.05) is 23.8 Å². The summed E-state index contributed by atoms with van der Waals surface area (Å²) in [6, 6.07) is 0.454.